The average Bonchev–Trinajstić information content (AvgIpc) is 3.10. The first kappa shape index (κ1) is 20.0. The summed E-state index contributed by atoms with van der Waals surface area (Å²) in [4.78, 5) is 0.0727. The van der Waals surface area contributed by atoms with E-state index in [0.717, 1.165) is 15.6 Å². The number of halogens is 1. The molecule has 0 saturated carbocycles. The van der Waals surface area contributed by atoms with Gasteiger partial charge in [0.2, 0.25) is 6.29 Å². The molecular formula is C20H21BrO6S. The zero-order chi connectivity index (χ0) is 20.1. The van der Waals surface area contributed by atoms with E-state index in [0.29, 0.717) is 0 Å². The van der Waals surface area contributed by atoms with Crippen LogP contribution < -0.4 is 0 Å². The summed E-state index contributed by atoms with van der Waals surface area (Å²) in [5.41, 5.74) is 1.82. The van der Waals surface area contributed by atoms with Crippen molar-refractivity contribution < 1.29 is 26.8 Å². The first-order valence-corrected chi connectivity index (χ1v) is 11.1. The Morgan fingerprint density at radius 2 is 1.57 bits per heavy atom. The van der Waals surface area contributed by atoms with Crippen LogP contribution in [0.3, 0.4) is 0 Å². The fourth-order valence-corrected chi connectivity index (χ4v) is 4.69. The molecule has 2 aliphatic rings. The molecular weight excluding hydrogens is 448 g/mol. The molecule has 28 heavy (non-hydrogen) atoms. The summed E-state index contributed by atoms with van der Waals surface area (Å²) in [6.45, 7) is 5.46. The van der Waals surface area contributed by atoms with Gasteiger partial charge in [0.15, 0.2) is 5.79 Å². The van der Waals surface area contributed by atoms with Gasteiger partial charge in [-0.3, -0.25) is 0 Å². The van der Waals surface area contributed by atoms with Gasteiger partial charge in [-0.05, 0) is 50.6 Å². The van der Waals surface area contributed by atoms with Crippen LogP contribution in [-0.2, 0) is 28.5 Å². The minimum absolute atomic E-state index is 0.0727. The fraction of sp³-hybridized carbons (Fsp3) is 0.400. The zero-order valence-electron chi connectivity index (χ0n) is 15.7. The molecule has 0 radical (unpaired) electrons. The molecule has 1 unspecified atom stereocenters. The fourth-order valence-electron chi connectivity index (χ4n) is 3.44. The number of hydrogen-bond donors (Lipinski definition) is 0. The molecule has 0 amide bonds. The van der Waals surface area contributed by atoms with E-state index in [1.165, 1.54) is 12.1 Å². The van der Waals surface area contributed by atoms with Crippen molar-refractivity contribution in [2.24, 2.45) is 0 Å². The molecule has 8 heteroatoms. The van der Waals surface area contributed by atoms with Gasteiger partial charge in [-0.15, -0.1) is 0 Å². The average molecular weight is 469 g/mol. The van der Waals surface area contributed by atoms with Gasteiger partial charge < -0.3 is 14.2 Å². The molecule has 2 saturated heterocycles. The molecule has 2 aromatic rings. The standard InChI is InChI=1S/C20H21BrO6S/c1-12-4-10-15(11-5-12)28(22,23)27-19-18-17(25-20(2,3)26-18)16(24-19)13-6-8-14(21)9-7-13/h4-11,16-19H,1-3H3/t16-,17-,18-,19?/m0/s1. The van der Waals surface area contributed by atoms with Crippen LogP contribution in [-0.4, -0.2) is 32.7 Å². The quantitative estimate of drug-likeness (QED) is 0.629. The van der Waals surface area contributed by atoms with E-state index >= 15 is 0 Å². The van der Waals surface area contributed by atoms with Crippen LogP contribution in [0.25, 0.3) is 0 Å². The van der Waals surface area contributed by atoms with Crippen LogP contribution in [0.2, 0.25) is 0 Å². The first-order valence-electron chi connectivity index (χ1n) is 8.91. The number of aryl methyl sites for hydroxylation is 1. The molecule has 2 fully saturated rings. The highest BCUT2D eigenvalue weighted by molar-refractivity contribution is 9.10. The van der Waals surface area contributed by atoms with Gasteiger partial charge in [-0.25, -0.2) is 4.18 Å². The largest absolute Gasteiger partial charge is 0.341 e. The molecule has 0 spiro atoms. The molecule has 2 heterocycles. The Hall–Kier alpha value is -1.29. The molecule has 0 N–H and O–H groups in total. The van der Waals surface area contributed by atoms with Crippen molar-refractivity contribution in [3.63, 3.8) is 0 Å². The number of benzene rings is 2. The molecule has 6 nitrogen and oxygen atoms in total. The van der Waals surface area contributed by atoms with Crippen LogP contribution >= 0.6 is 15.9 Å². The lowest BCUT2D eigenvalue weighted by atomic mass is 10.0. The minimum Gasteiger partial charge on any atom is -0.341 e. The monoisotopic (exact) mass is 468 g/mol. The molecule has 150 valence electrons. The lowest BCUT2D eigenvalue weighted by Gasteiger charge is -2.24. The normalized spacial score (nSPS) is 29.0. The summed E-state index contributed by atoms with van der Waals surface area (Å²) in [6.07, 6.45) is -2.75. The summed E-state index contributed by atoms with van der Waals surface area (Å²) in [5.74, 6) is -0.859. The van der Waals surface area contributed by atoms with E-state index in [9.17, 15) is 8.42 Å². The Morgan fingerprint density at radius 1 is 0.964 bits per heavy atom. The Morgan fingerprint density at radius 3 is 2.21 bits per heavy atom. The Balaban J connectivity index is 1.62. The lowest BCUT2D eigenvalue weighted by Crippen LogP contribution is -2.33. The van der Waals surface area contributed by atoms with E-state index in [1.54, 1.807) is 26.0 Å². The van der Waals surface area contributed by atoms with Crippen LogP contribution in [0.4, 0.5) is 0 Å². The van der Waals surface area contributed by atoms with E-state index < -0.39 is 40.5 Å². The number of fused-ring (bicyclic) bond motifs is 1. The molecule has 0 aromatic heterocycles. The van der Waals surface area contributed by atoms with Crippen LogP contribution in [0.1, 0.15) is 31.1 Å². The van der Waals surface area contributed by atoms with Crippen molar-refractivity contribution in [2.45, 2.75) is 56.1 Å². The van der Waals surface area contributed by atoms with E-state index in [2.05, 4.69) is 15.9 Å². The highest BCUT2D eigenvalue weighted by atomic mass is 79.9. The number of ether oxygens (including phenoxy) is 3. The summed E-state index contributed by atoms with van der Waals surface area (Å²) in [5, 5.41) is 0. The molecule has 0 aliphatic carbocycles. The SMILES string of the molecule is Cc1ccc(S(=O)(=O)OC2O[C@@H](c3ccc(Br)cc3)[C@@H]3OC(C)(C)O[C@H]23)cc1. The summed E-state index contributed by atoms with van der Waals surface area (Å²) >= 11 is 3.41. The smallest absolute Gasteiger partial charge is 0.299 e. The predicted molar refractivity (Wildman–Crippen MR) is 105 cm³/mol. The zero-order valence-corrected chi connectivity index (χ0v) is 18.1. The van der Waals surface area contributed by atoms with Crippen molar-refractivity contribution in [1.82, 2.24) is 0 Å². The second-order valence-electron chi connectivity index (χ2n) is 7.40. The third-order valence-electron chi connectivity index (χ3n) is 4.74. The van der Waals surface area contributed by atoms with Crippen molar-refractivity contribution in [3.05, 3.63) is 64.1 Å². The third-order valence-corrected chi connectivity index (χ3v) is 6.56. The molecule has 0 bridgehead atoms. The maximum Gasteiger partial charge on any atom is 0.299 e. The van der Waals surface area contributed by atoms with E-state index in [1.807, 2.05) is 31.2 Å². The summed E-state index contributed by atoms with van der Waals surface area (Å²) in [7, 11) is -4.02. The van der Waals surface area contributed by atoms with Gasteiger partial charge in [0.25, 0.3) is 10.1 Å². The lowest BCUT2D eigenvalue weighted by molar-refractivity contribution is -0.213. The van der Waals surface area contributed by atoms with Gasteiger partial charge in [0.1, 0.15) is 18.3 Å². The van der Waals surface area contributed by atoms with Gasteiger partial charge >= 0.3 is 0 Å². The second-order valence-corrected chi connectivity index (χ2v) is 9.89. The minimum atomic E-state index is -4.02. The Labute approximate surface area is 173 Å². The predicted octanol–water partition coefficient (Wildman–Crippen LogP) is 4.08. The number of hydrogen-bond acceptors (Lipinski definition) is 6. The van der Waals surface area contributed by atoms with E-state index in [4.69, 9.17) is 18.4 Å². The highest BCUT2D eigenvalue weighted by Gasteiger charge is 2.57. The maximum atomic E-state index is 12.7. The molecule has 4 atom stereocenters. The first-order chi connectivity index (χ1) is 13.1. The summed E-state index contributed by atoms with van der Waals surface area (Å²) in [6, 6.07) is 14.1. The maximum absolute atomic E-state index is 12.7. The van der Waals surface area contributed by atoms with Gasteiger partial charge in [0.05, 0.1) is 4.90 Å². The Bertz CT molecular complexity index is 955. The van der Waals surface area contributed by atoms with Crippen LogP contribution in [0.5, 0.6) is 0 Å². The molecule has 2 aliphatic heterocycles. The van der Waals surface area contributed by atoms with Crippen molar-refractivity contribution in [2.75, 3.05) is 0 Å². The van der Waals surface area contributed by atoms with Crippen molar-refractivity contribution in [1.29, 1.82) is 0 Å². The van der Waals surface area contributed by atoms with E-state index in [-0.39, 0.29) is 4.90 Å². The van der Waals surface area contributed by atoms with Crippen molar-refractivity contribution in [3.8, 4) is 0 Å². The Kier molecular flexibility index (Phi) is 5.14. The highest BCUT2D eigenvalue weighted by Crippen LogP contribution is 2.46. The molecule has 2 aromatic carbocycles. The van der Waals surface area contributed by atoms with Crippen molar-refractivity contribution >= 4 is 26.0 Å². The van der Waals surface area contributed by atoms with Crippen LogP contribution in [0, 0.1) is 6.92 Å². The third kappa shape index (κ3) is 3.90. The van der Waals surface area contributed by atoms with Gasteiger partial charge in [0, 0.05) is 4.47 Å². The van der Waals surface area contributed by atoms with Gasteiger partial charge in [-0.2, -0.15) is 8.42 Å². The topological polar surface area (TPSA) is 71.1 Å². The molecule has 4 rings (SSSR count). The van der Waals surface area contributed by atoms with Crippen LogP contribution in [0.15, 0.2) is 57.9 Å². The number of rotatable bonds is 4. The summed E-state index contributed by atoms with van der Waals surface area (Å²) < 4.78 is 49.7. The van der Waals surface area contributed by atoms with Gasteiger partial charge in [-0.1, -0.05) is 45.8 Å². The second kappa shape index (κ2) is 7.19.